The number of hydrogen-bond acceptors (Lipinski definition) is 3. The molecule has 0 unspecified atom stereocenters. The van der Waals surface area contributed by atoms with Gasteiger partial charge < -0.3 is 5.11 Å². The number of alkyl halides is 3. The predicted octanol–water partition coefficient (Wildman–Crippen LogP) is 1.71. The Kier molecular flexibility index (Phi) is 5.83. The van der Waals surface area contributed by atoms with Gasteiger partial charge in [-0.05, 0) is 17.7 Å². The highest BCUT2D eigenvalue weighted by molar-refractivity contribution is 5.36. The minimum atomic E-state index is -4.12. The van der Waals surface area contributed by atoms with E-state index in [1.807, 2.05) is 24.3 Å². The van der Waals surface area contributed by atoms with Crippen LogP contribution in [0.4, 0.5) is 13.2 Å². The SMILES string of the molecule is OCC#Cc1ccc(CN2CCN(CC(F)(F)F)CC2)cc1. The first-order valence-electron chi connectivity index (χ1n) is 7.16. The highest BCUT2D eigenvalue weighted by Gasteiger charge is 2.32. The third-order valence-corrected chi connectivity index (χ3v) is 3.54. The van der Waals surface area contributed by atoms with E-state index in [4.69, 9.17) is 5.11 Å². The maximum atomic E-state index is 12.3. The normalized spacial score (nSPS) is 17.1. The summed E-state index contributed by atoms with van der Waals surface area (Å²) >= 11 is 0. The summed E-state index contributed by atoms with van der Waals surface area (Å²) in [4.78, 5) is 3.60. The van der Waals surface area contributed by atoms with Gasteiger partial charge in [-0.15, -0.1) is 0 Å². The van der Waals surface area contributed by atoms with E-state index in [0.29, 0.717) is 26.2 Å². The average molecular weight is 312 g/mol. The van der Waals surface area contributed by atoms with Crippen molar-refractivity contribution in [2.45, 2.75) is 12.7 Å². The van der Waals surface area contributed by atoms with E-state index in [0.717, 1.165) is 17.7 Å². The lowest BCUT2D eigenvalue weighted by Gasteiger charge is -2.35. The van der Waals surface area contributed by atoms with Crippen LogP contribution in [0.25, 0.3) is 0 Å². The third-order valence-electron chi connectivity index (χ3n) is 3.54. The molecule has 1 heterocycles. The van der Waals surface area contributed by atoms with Crippen molar-refractivity contribution in [3.05, 3.63) is 35.4 Å². The maximum absolute atomic E-state index is 12.3. The monoisotopic (exact) mass is 312 g/mol. The average Bonchev–Trinajstić information content (AvgIpc) is 2.47. The van der Waals surface area contributed by atoms with Crippen molar-refractivity contribution < 1.29 is 18.3 Å². The Morgan fingerprint density at radius 1 is 1.00 bits per heavy atom. The van der Waals surface area contributed by atoms with Crippen molar-refractivity contribution in [1.29, 1.82) is 0 Å². The van der Waals surface area contributed by atoms with E-state index in [-0.39, 0.29) is 6.61 Å². The van der Waals surface area contributed by atoms with Crippen molar-refractivity contribution in [3.8, 4) is 11.8 Å². The summed E-state index contributed by atoms with van der Waals surface area (Å²) in [6.07, 6.45) is -4.12. The van der Waals surface area contributed by atoms with Crippen molar-refractivity contribution in [2.24, 2.45) is 0 Å². The van der Waals surface area contributed by atoms with E-state index in [1.54, 1.807) is 0 Å². The number of hydrogen-bond donors (Lipinski definition) is 1. The number of aliphatic hydroxyl groups excluding tert-OH is 1. The molecule has 6 heteroatoms. The molecule has 3 nitrogen and oxygen atoms in total. The largest absolute Gasteiger partial charge is 0.401 e. The quantitative estimate of drug-likeness (QED) is 0.861. The molecule has 1 fully saturated rings. The molecule has 0 saturated carbocycles. The molecule has 22 heavy (non-hydrogen) atoms. The summed E-state index contributed by atoms with van der Waals surface area (Å²) in [5, 5.41) is 8.64. The molecule has 0 bridgehead atoms. The van der Waals surface area contributed by atoms with Crippen molar-refractivity contribution in [3.63, 3.8) is 0 Å². The maximum Gasteiger partial charge on any atom is 0.401 e. The van der Waals surface area contributed by atoms with Gasteiger partial charge in [-0.2, -0.15) is 13.2 Å². The summed E-state index contributed by atoms with van der Waals surface area (Å²) in [6.45, 7) is 1.92. The molecule has 0 radical (unpaired) electrons. The second kappa shape index (κ2) is 7.63. The number of piperazine rings is 1. The molecule has 1 aromatic rings. The molecule has 1 saturated heterocycles. The van der Waals surface area contributed by atoms with Crippen LogP contribution in [-0.2, 0) is 6.54 Å². The molecule has 0 aromatic heterocycles. The number of nitrogens with zero attached hydrogens (tertiary/aromatic N) is 2. The van der Waals surface area contributed by atoms with Crippen LogP contribution >= 0.6 is 0 Å². The van der Waals surface area contributed by atoms with Gasteiger partial charge in [0, 0.05) is 38.3 Å². The van der Waals surface area contributed by atoms with Crippen LogP contribution in [0, 0.1) is 11.8 Å². The van der Waals surface area contributed by atoms with Gasteiger partial charge in [0.05, 0.1) is 6.54 Å². The fraction of sp³-hybridized carbons (Fsp3) is 0.500. The first-order chi connectivity index (χ1) is 10.5. The van der Waals surface area contributed by atoms with Gasteiger partial charge in [0.15, 0.2) is 0 Å². The summed E-state index contributed by atoms with van der Waals surface area (Å²) in [5.41, 5.74) is 1.95. The van der Waals surface area contributed by atoms with Gasteiger partial charge in [0.2, 0.25) is 0 Å². The number of aliphatic hydroxyl groups is 1. The van der Waals surface area contributed by atoms with Crippen LogP contribution in [-0.4, -0.2) is 60.4 Å². The Balaban J connectivity index is 1.81. The summed E-state index contributed by atoms with van der Waals surface area (Å²) in [5.74, 6) is 5.41. The highest BCUT2D eigenvalue weighted by Crippen LogP contribution is 2.18. The minimum absolute atomic E-state index is 0.163. The van der Waals surface area contributed by atoms with Crippen LogP contribution in [0.1, 0.15) is 11.1 Å². The van der Waals surface area contributed by atoms with Crippen LogP contribution in [0.5, 0.6) is 0 Å². The second-order valence-electron chi connectivity index (χ2n) is 5.32. The highest BCUT2D eigenvalue weighted by atomic mass is 19.4. The Labute approximate surface area is 128 Å². The van der Waals surface area contributed by atoms with Crippen LogP contribution in [0.3, 0.4) is 0 Å². The molecule has 2 rings (SSSR count). The van der Waals surface area contributed by atoms with Crippen LogP contribution < -0.4 is 0 Å². The van der Waals surface area contributed by atoms with E-state index < -0.39 is 12.7 Å². The minimum Gasteiger partial charge on any atom is -0.384 e. The lowest BCUT2D eigenvalue weighted by atomic mass is 10.1. The molecule has 1 aliphatic heterocycles. The van der Waals surface area contributed by atoms with E-state index in [2.05, 4.69) is 16.7 Å². The zero-order valence-corrected chi connectivity index (χ0v) is 12.2. The molecule has 0 atom stereocenters. The zero-order chi connectivity index (χ0) is 16.0. The van der Waals surface area contributed by atoms with Crippen molar-refractivity contribution in [1.82, 2.24) is 9.80 Å². The fourth-order valence-electron chi connectivity index (χ4n) is 2.45. The molecular weight excluding hydrogens is 293 g/mol. The van der Waals surface area contributed by atoms with E-state index in [9.17, 15) is 13.2 Å². The third kappa shape index (κ3) is 5.68. The lowest BCUT2D eigenvalue weighted by Crippen LogP contribution is -2.48. The standard InChI is InChI=1S/C16H19F3N2O/c17-16(18,19)13-21-9-7-20(8-10-21)12-15-5-3-14(4-6-15)2-1-11-22/h3-6,22H,7-13H2. The van der Waals surface area contributed by atoms with Gasteiger partial charge in [0.25, 0.3) is 0 Å². The predicted molar refractivity (Wildman–Crippen MR) is 78.2 cm³/mol. The summed E-state index contributed by atoms with van der Waals surface area (Å²) in [6, 6.07) is 7.70. The first-order valence-corrected chi connectivity index (χ1v) is 7.16. The Morgan fingerprint density at radius 3 is 2.14 bits per heavy atom. The van der Waals surface area contributed by atoms with E-state index in [1.165, 1.54) is 4.90 Å². The summed E-state index contributed by atoms with van der Waals surface area (Å²) < 4.78 is 37.0. The summed E-state index contributed by atoms with van der Waals surface area (Å²) in [7, 11) is 0. The number of rotatable bonds is 3. The topological polar surface area (TPSA) is 26.7 Å². The fourth-order valence-corrected chi connectivity index (χ4v) is 2.45. The first kappa shape index (κ1) is 16.8. The Bertz CT molecular complexity index is 523. The molecular formula is C16H19F3N2O. The smallest absolute Gasteiger partial charge is 0.384 e. The molecule has 1 N–H and O–H groups in total. The number of benzene rings is 1. The molecule has 0 amide bonds. The Hall–Kier alpha value is -1.55. The van der Waals surface area contributed by atoms with Gasteiger partial charge in [0.1, 0.15) is 6.61 Å². The van der Waals surface area contributed by atoms with E-state index >= 15 is 0 Å². The molecule has 1 aliphatic rings. The molecule has 120 valence electrons. The molecule has 0 aliphatic carbocycles. The molecule has 0 spiro atoms. The van der Waals surface area contributed by atoms with Gasteiger partial charge in [-0.25, -0.2) is 0 Å². The van der Waals surface area contributed by atoms with Crippen LogP contribution in [0.2, 0.25) is 0 Å². The lowest BCUT2D eigenvalue weighted by molar-refractivity contribution is -0.149. The van der Waals surface area contributed by atoms with Gasteiger partial charge >= 0.3 is 6.18 Å². The number of halogens is 3. The van der Waals surface area contributed by atoms with Gasteiger partial charge in [-0.1, -0.05) is 24.0 Å². The Morgan fingerprint density at radius 2 is 1.59 bits per heavy atom. The van der Waals surface area contributed by atoms with Crippen LogP contribution in [0.15, 0.2) is 24.3 Å². The zero-order valence-electron chi connectivity index (χ0n) is 12.2. The second-order valence-corrected chi connectivity index (χ2v) is 5.32. The van der Waals surface area contributed by atoms with Gasteiger partial charge in [-0.3, -0.25) is 9.80 Å². The molecule has 1 aromatic carbocycles. The van der Waals surface area contributed by atoms with Crippen molar-refractivity contribution in [2.75, 3.05) is 39.3 Å². The van der Waals surface area contributed by atoms with Crippen molar-refractivity contribution >= 4 is 0 Å².